The molecule has 1 N–H and O–H groups in total. The molecule has 0 bridgehead atoms. The molecule has 1 aromatic heterocycles. The van der Waals surface area contributed by atoms with Crippen LogP contribution in [0.3, 0.4) is 0 Å². The molecule has 2 heterocycles. The van der Waals surface area contributed by atoms with E-state index in [1.54, 1.807) is 18.4 Å². The molecule has 8 heteroatoms. The van der Waals surface area contributed by atoms with Crippen LogP contribution < -0.4 is 5.32 Å². The van der Waals surface area contributed by atoms with Crippen molar-refractivity contribution in [1.29, 1.82) is 0 Å². The third-order valence-corrected chi connectivity index (χ3v) is 5.10. The number of hydrogen-bond acceptors (Lipinski definition) is 4. The topological polar surface area (TPSA) is 64.3 Å². The first-order chi connectivity index (χ1) is 13.4. The Kier molecular flexibility index (Phi) is 11.6. The second-order valence-electron chi connectivity index (χ2n) is 7.77. The van der Waals surface area contributed by atoms with Gasteiger partial charge in [0.2, 0.25) is 0 Å². The number of guanidine groups is 1. The van der Waals surface area contributed by atoms with Crippen LogP contribution in [0.5, 0.6) is 0 Å². The molecule has 0 aromatic carbocycles. The van der Waals surface area contributed by atoms with Gasteiger partial charge in [0.05, 0.1) is 6.26 Å². The van der Waals surface area contributed by atoms with Crippen molar-refractivity contribution in [2.45, 2.75) is 53.1 Å². The molecule has 0 aliphatic carbocycles. The Morgan fingerprint density at radius 1 is 1.17 bits per heavy atom. The number of carbonyl (C=O) groups is 1. The van der Waals surface area contributed by atoms with Gasteiger partial charge in [-0.1, -0.05) is 0 Å². The first-order valence-corrected chi connectivity index (χ1v) is 10.6. The van der Waals surface area contributed by atoms with Crippen LogP contribution in [0.2, 0.25) is 0 Å². The lowest BCUT2D eigenvalue weighted by atomic mass is 10.2. The lowest BCUT2D eigenvalue weighted by molar-refractivity contribution is 0.0657. The molecule has 0 unspecified atom stereocenters. The third-order valence-electron chi connectivity index (χ3n) is 5.10. The van der Waals surface area contributed by atoms with Crippen molar-refractivity contribution >= 4 is 35.8 Å². The smallest absolute Gasteiger partial charge is 0.289 e. The summed E-state index contributed by atoms with van der Waals surface area (Å²) >= 11 is 0. The summed E-state index contributed by atoms with van der Waals surface area (Å²) in [4.78, 5) is 23.8. The molecule has 1 fully saturated rings. The first kappa shape index (κ1) is 25.7. The number of nitrogens with one attached hydrogen (secondary N) is 1. The monoisotopic (exact) mass is 519 g/mol. The van der Waals surface area contributed by atoms with Crippen LogP contribution >= 0.6 is 24.0 Å². The fourth-order valence-corrected chi connectivity index (χ4v) is 3.65. The van der Waals surface area contributed by atoms with E-state index in [1.165, 1.54) is 0 Å². The number of hydrogen-bond donors (Lipinski definition) is 1. The second kappa shape index (κ2) is 13.1. The molecule has 1 aromatic rings. The quantitative estimate of drug-likeness (QED) is 0.248. The summed E-state index contributed by atoms with van der Waals surface area (Å²) in [7, 11) is 0. The molecular formula is C21H38IN5O2. The van der Waals surface area contributed by atoms with Crippen molar-refractivity contribution in [3.05, 3.63) is 24.2 Å². The summed E-state index contributed by atoms with van der Waals surface area (Å²) in [6, 6.07) is 4.57. The summed E-state index contributed by atoms with van der Waals surface area (Å²) < 4.78 is 5.23. The van der Waals surface area contributed by atoms with E-state index in [2.05, 4.69) is 49.7 Å². The Hall–Kier alpha value is -1.29. The Bertz CT molecular complexity index is 603. The maximum atomic E-state index is 12.4. The Labute approximate surface area is 192 Å². The van der Waals surface area contributed by atoms with Crippen LogP contribution in [0, 0.1) is 0 Å². The summed E-state index contributed by atoms with van der Waals surface area (Å²) in [5.41, 5.74) is 0. The van der Waals surface area contributed by atoms with E-state index >= 15 is 0 Å². The molecule has 1 aliphatic rings. The minimum atomic E-state index is -0.0333. The number of furan rings is 1. The number of carbonyl (C=O) groups excluding carboxylic acids is 1. The van der Waals surface area contributed by atoms with Crippen molar-refractivity contribution < 1.29 is 9.21 Å². The van der Waals surface area contributed by atoms with Gasteiger partial charge in [-0.25, -0.2) is 0 Å². The van der Waals surface area contributed by atoms with E-state index in [4.69, 9.17) is 9.41 Å². The lowest BCUT2D eigenvalue weighted by Crippen LogP contribution is -2.53. The largest absolute Gasteiger partial charge is 0.459 e. The highest BCUT2D eigenvalue weighted by atomic mass is 127. The van der Waals surface area contributed by atoms with E-state index in [0.29, 0.717) is 30.9 Å². The van der Waals surface area contributed by atoms with E-state index in [0.717, 1.165) is 45.1 Å². The van der Waals surface area contributed by atoms with E-state index < -0.39 is 0 Å². The maximum Gasteiger partial charge on any atom is 0.289 e. The molecule has 29 heavy (non-hydrogen) atoms. The second-order valence-corrected chi connectivity index (χ2v) is 7.77. The third kappa shape index (κ3) is 7.81. The Balaban J connectivity index is 0.00000420. The van der Waals surface area contributed by atoms with Crippen molar-refractivity contribution in [3.8, 4) is 0 Å². The van der Waals surface area contributed by atoms with Gasteiger partial charge in [-0.15, -0.1) is 24.0 Å². The van der Waals surface area contributed by atoms with Crippen molar-refractivity contribution in [2.24, 2.45) is 4.99 Å². The highest BCUT2D eigenvalue weighted by molar-refractivity contribution is 14.0. The van der Waals surface area contributed by atoms with Crippen LogP contribution in [0.4, 0.5) is 0 Å². The van der Waals surface area contributed by atoms with Crippen LogP contribution in [0.25, 0.3) is 0 Å². The summed E-state index contributed by atoms with van der Waals surface area (Å²) in [5, 5.41) is 3.40. The van der Waals surface area contributed by atoms with Crippen LogP contribution in [-0.4, -0.2) is 84.5 Å². The SMILES string of the molecule is CCNC(=NCCCN(C(C)C)C(C)C)N1CCN(C(=O)c2ccco2)CC1.I. The molecule has 166 valence electrons. The maximum absolute atomic E-state index is 12.4. The standard InChI is InChI=1S/C21H37N5O2.HI/c1-6-22-21(23-10-8-11-26(17(2)3)18(4)5)25-14-12-24(13-15-25)20(27)19-9-7-16-28-19;/h7,9,16-18H,6,8,10-15H2,1-5H3,(H,22,23);1H. The summed E-state index contributed by atoms with van der Waals surface area (Å²) in [6.07, 6.45) is 2.58. The van der Waals surface area contributed by atoms with Gasteiger partial charge in [0.15, 0.2) is 11.7 Å². The van der Waals surface area contributed by atoms with Crippen molar-refractivity contribution in [2.75, 3.05) is 45.8 Å². The molecule has 7 nitrogen and oxygen atoms in total. The predicted molar refractivity (Wildman–Crippen MR) is 129 cm³/mol. The number of amides is 1. The highest BCUT2D eigenvalue weighted by Gasteiger charge is 2.25. The number of halogens is 1. The van der Waals surface area contributed by atoms with Gasteiger partial charge in [0.1, 0.15) is 0 Å². The molecule has 0 radical (unpaired) electrons. The average molecular weight is 519 g/mol. The molecule has 0 spiro atoms. The molecule has 1 saturated heterocycles. The summed E-state index contributed by atoms with van der Waals surface area (Å²) in [5.74, 6) is 1.33. The molecule has 2 rings (SSSR count). The number of aliphatic imine (C=N–C) groups is 1. The van der Waals surface area contributed by atoms with E-state index in [1.807, 2.05) is 4.90 Å². The van der Waals surface area contributed by atoms with E-state index in [-0.39, 0.29) is 29.9 Å². The fourth-order valence-electron chi connectivity index (χ4n) is 3.65. The molecular weight excluding hydrogens is 481 g/mol. The minimum absolute atomic E-state index is 0. The fraction of sp³-hybridized carbons (Fsp3) is 0.714. The van der Waals surface area contributed by atoms with Gasteiger partial charge < -0.3 is 19.5 Å². The van der Waals surface area contributed by atoms with Gasteiger partial charge in [-0.05, 0) is 53.2 Å². The minimum Gasteiger partial charge on any atom is -0.459 e. The number of rotatable bonds is 8. The first-order valence-electron chi connectivity index (χ1n) is 10.6. The van der Waals surface area contributed by atoms with Gasteiger partial charge in [-0.2, -0.15) is 0 Å². The molecule has 1 aliphatic heterocycles. The molecule has 0 saturated carbocycles. The zero-order valence-electron chi connectivity index (χ0n) is 18.6. The highest BCUT2D eigenvalue weighted by Crippen LogP contribution is 2.10. The van der Waals surface area contributed by atoms with Crippen molar-refractivity contribution in [1.82, 2.24) is 20.0 Å². The zero-order chi connectivity index (χ0) is 20.5. The Morgan fingerprint density at radius 3 is 2.31 bits per heavy atom. The van der Waals surface area contributed by atoms with Crippen LogP contribution in [0.1, 0.15) is 51.6 Å². The van der Waals surface area contributed by atoms with Gasteiger partial charge in [-0.3, -0.25) is 14.7 Å². The summed E-state index contributed by atoms with van der Waals surface area (Å²) in [6.45, 7) is 16.7. The molecule has 1 amide bonds. The Morgan fingerprint density at radius 2 is 1.79 bits per heavy atom. The van der Waals surface area contributed by atoms with Gasteiger partial charge in [0, 0.05) is 57.9 Å². The van der Waals surface area contributed by atoms with Crippen LogP contribution in [0.15, 0.2) is 27.8 Å². The van der Waals surface area contributed by atoms with Crippen molar-refractivity contribution in [3.63, 3.8) is 0 Å². The zero-order valence-corrected chi connectivity index (χ0v) is 20.9. The number of nitrogens with zero attached hydrogens (tertiary/aromatic N) is 4. The average Bonchev–Trinajstić information content (AvgIpc) is 3.20. The van der Waals surface area contributed by atoms with E-state index in [9.17, 15) is 4.79 Å². The number of piperazine rings is 1. The predicted octanol–water partition coefficient (Wildman–Crippen LogP) is 3.13. The van der Waals surface area contributed by atoms with Crippen LogP contribution in [-0.2, 0) is 0 Å². The van der Waals surface area contributed by atoms with Gasteiger partial charge >= 0.3 is 0 Å². The normalized spacial score (nSPS) is 15.2. The van der Waals surface area contributed by atoms with Gasteiger partial charge in [0.25, 0.3) is 5.91 Å². The molecule has 0 atom stereocenters. The lowest BCUT2D eigenvalue weighted by Gasteiger charge is -2.36.